The molecular formula is C26H18N4O. The van der Waals surface area contributed by atoms with Gasteiger partial charge >= 0.3 is 0 Å². The number of hydrogen-bond acceptors (Lipinski definition) is 3. The molecule has 5 heterocycles. The SMILES string of the molecule is CC(=O)c1c2nc(cc3[nH]c(cc4nc(cc5ccc1[nH]5)C=C4)c1ccccc31)C=C2. The molecule has 6 rings (SSSR count). The predicted octanol–water partition coefficient (Wildman–Crippen LogP) is 6.01. The Bertz CT molecular complexity index is 1620. The van der Waals surface area contributed by atoms with Crippen LogP contribution in [0.4, 0.5) is 0 Å². The Morgan fingerprint density at radius 1 is 0.710 bits per heavy atom. The first-order valence-corrected chi connectivity index (χ1v) is 10.1. The maximum atomic E-state index is 12.5. The summed E-state index contributed by atoms with van der Waals surface area (Å²) in [5.41, 5.74) is 7.39. The summed E-state index contributed by atoms with van der Waals surface area (Å²) in [5.74, 6) is -0.0323. The van der Waals surface area contributed by atoms with Crippen LogP contribution in [0.1, 0.15) is 40.1 Å². The average Bonchev–Trinajstić information content (AvgIpc) is 3.53. The van der Waals surface area contributed by atoms with E-state index in [9.17, 15) is 4.79 Å². The Morgan fingerprint density at radius 3 is 2.06 bits per heavy atom. The number of aromatic amines is 2. The molecule has 8 bridgehead atoms. The molecule has 0 amide bonds. The number of nitrogens with one attached hydrogen (secondary N) is 2. The second-order valence-electron chi connectivity index (χ2n) is 7.74. The number of ketones is 1. The van der Waals surface area contributed by atoms with Crippen molar-refractivity contribution >= 4 is 62.9 Å². The third kappa shape index (κ3) is 2.99. The number of Topliss-reactive ketones (excluding diaryl/α,β-unsaturated/α-hetero) is 1. The second kappa shape index (κ2) is 6.64. The van der Waals surface area contributed by atoms with E-state index in [1.54, 1.807) is 6.92 Å². The highest BCUT2D eigenvalue weighted by Gasteiger charge is 2.12. The fourth-order valence-electron chi connectivity index (χ4n) is 4.22. The van der Waals surface area contributed by atoms with Crippen LogP contribution in [0, 0.1) is 0 Å². The lowest BCUT2D eigenvalue weighted by atomic mass is 10.1. The summed E-state index contributed by atoms with van der Waals surface area (Å²) in [4.78, 5) is 28.8. The van der Waals surface area contributed by atoms with Gasteiger partial charge in [-0.3, -0.25) is 4.79 Å². The summed E-state index contributed by atoms with van der Waals surface area (Å²) in [6.07, 6.45) is 7.83. The molecule has 0 atom stereocenters. The minimum atomic E-state index is -0.0323. The number of benzene rings is 1. The van der Waals surface area contributed by atoms with Crippen LogP contribution in [0.5, 0.6) is 0 Å². The monoisotopic (exact) mass is 402 g/mol. The van der Waals surface area contributed by atoms with E-state index in [0.29, 0.717) is 11.3 Å². The van der Waals surface area contributed by atoms with Gasteiger partial charge in [-0.1, -0.05) is 24.3 Å². The van der Waals surface area contributed by atoms with E-state index in [0.717, 1.165) is 49.9 Å². The van der Waals surface area contributed by atoms with E-state index < -0.39 is 0 Å². The van der Waals surface area contributed by atoms with Gasteiger partial charge < -0.3 is 9.97 Å². The van der Waals surface area contributed by atoms with Crippen LogP contribution in [0.3, 0.4) is 0 Å². The fourth-order valence-corrected chi connectivity index (χ4v) is 4.22. The predicted molar refractivity (Wildman–Crippen MR) is 126 cm³/mol. The molecule has 5 heteroatoms. The first kappa shape index (κ1) is 17.6. The van der Waals surface area contributed by atoms with E-state index in [1.807, 2.05) is 60.7 Å². The smallest absolute Gasteiger partial charge is 0.164 e. The Labute approximate surface area is 177 Å². The molecule has 0 radical (unpaired) electrons. The summed E-state index contributed by atoms with van der Waals surface area (Å²) in [7, 11) is 0. The molecule has 0 saturated heterocycles. The number of aromatic nitrogens is 4. The largest absolute Gasteiger partial charge is 0.355 e. The number of carbonyl (C=O) groups excluding carboxylic acids is 1. The zero-order valence-electron chi connectivity index (χ0n) is 16.8. The van der Waals surface area contributed by atoms with Crippen molar-refractivity contribution in [2.45, 2.75) is 6.92 Å². The van der Waals surface area contributed by atoms with E-state index in [4.69, 9.17) is 9.97 Å². The molecule has 0 fully saturated rings. The lowest BCUT2D eigenvalue weighted by Gasteiger charge is -1.96. The van der Waals surface area contributed by atoms with Gasteiger partial charge in [0.05, 0.1) is 33.9 Å². The zero-order chi connectivity index (χ0) is 20.9. The van der Waals surface area contributed by atoms with E-state index in [1.165, 1.54) is 0 Å². The molecule has 0 aliphatic carbocycles. The Hall–Kier alpha value is -4.25. The Balaban J connectivity index is 1.80. The third-order valence-corrected chi connectivity index (χ3v) is 5.60. The van der Waals surface area contributed by atoms with Crippen LogP contribution < -0.4 is 0 Å². The zero-order valence-corrected chi connectivity index (χ0v) is 16.8. The van der Waals surface area contributed by atoms with Crippen LogP contribution in [-0.4, -0.2) is 25.7 Å². The van der Waals surface area contributed by atoms with Crippen LogP contribution >= 0.6 is 0 Å². The first-order valence-electron chi connectivity index (χ1n) is 10.1. The highest BCUT2D eigenvalue weighted by atomic mass is 16.1. The van der Waals surface area contributed by atoms with Gasteiger partial charge in [0.15, 0.2) is 5.78 Å². The molecule has 3 aromatic heterocycles. The van der Waals surface area contributed by atoms with Gasteiger partial charge in [-0.2, -0.15) is 0 Å². The van der Waals surface area contributed by atoms with Gasteiger partial charge in [0, 0.05) is 27.3 Å². The molecule has 1 aromatic carbocycles. The molecule has 31 heavy (non-hydrogen) atoms. The van der Waals surface area contributed by atoms with Crippen molar-refractivity contribution in [1.82, 2.24) is 19.9 Å². The first-order chi connectivity index (χ1) is 15.1. The van der Waals surface area contributed by atoms with E-state index >= 15 is 0 Å². The molecule has 0 spiro atoms. The van der Waals surface area contributed by atoms with Crippen molar-refractivity contribution in [2.75, 3.05) is 0 Å². The van der Waals surface area contributed by atoms with Crippen molar-refractivity contribution in [3.8, 4) is 0 Å². The molecule has 2 aliphatic heterocycles. The van der Waals surface area contributed by atoms with Crippen molar-refractivity contribution < 1.29 is 4.79 Å². The van der Waals surface area contributed by atoms with Crippen LogP contribution in [0.25, 0.3) is 57.1 Å². The molecule has 4 aromatic rings. The summed E-state index contributed by atoms with van der Waals surface area (Å²) >= 11 is 0. The Kier molecular flexibility index (Phi) is 3.77. The van der Waals surface area contributed by atoms with Crippen LogP contribution in [0.2, 0.25) is 0 Å². The third-order valence-electron chi connectivity index (χ3n) is 5.60. The van der Waals surface area contributed by atoms with E-state index in [-0.39, 0.29) is 5.78 Å². The summed E-state index contributed by atoms with van der Waals surface area (Å²) in [6.45, 7) is 1.57. The average molecular weight is 402 g/mol. The van der Waals surface area contributed by atoms with Crippen molar-refractivity contribution in [3.63, 3.8) is 0 Å². The lowest BCUT2D eigenvalue weighted by Crippen LogP contribution is -1.96. The molecular weight excluding hydrogens is 384 g/mol. The summed E-state index contributed by atoms with van der Waals surface area (Å²) in [5, 5.41) is 2.24. The number of fused-ring (bicyclic) bond motifs is 11. The number of carbonyl (C=O) groups is 1. The van der Waals surface area contributed by atoms with Crippen molar-refractivity contribution in [3.05, 3.63) is 82.9 Å². The van der Waals surface area contributed by atoms with Gasteiger partial charge in [-0.15, -0.1) is 0 Å². The quantitative estimate of drug-likeness (QED) is 0.331. The standard InChI is InChI=1S/C26H18N4O/c1-15(31)26-22-10-8-17(28-22)12-16-6-7-18(27-16)13-24-20-4-2-3-5-21(20)25(30-24)14-19-9-11-23(26)29-19/h2-14,28,30H,1H3. The molecule has 2 N–H and O–H groups in total. The molecule has 0 saturated carbocycles. The number of nitrogens with zero attached hydrogens (tertiary/aromatic N) is 2. The fraction of sp³-hybridized carbons (Fsp3) is 0.0385. The number of rotatable bonds is 1. The lowest BCUT2D eigenvalue weighted by molar-refractivity contribution is 0.101. The second-order valence-corrected chi connectivity index (χ2v) is 7.74. The minimum absolute atomic E-state index is 0.0323. The minimum Gasteiger partial charge on any atom is -0.355 e. The van der Waals surface area contributed by atoms with Gasteiger partial charge in [-0.25, -0.2) is 9.97 Å². The summed E-state index contributed by atoms with van der Waals surface area (Å²) in [6, 6.07) is 18.2. The van der Waals surface area contributed by atoms with Gasteiger partial charge in [0.1, 0.15) is 0 Å². The van der Waals surface area contributed by atoms with Crippen LogP contribution in [0.15, 0.2) is 54.6 Å². The van der Waals surface area contributed by atoms with Crippen molar-refractivity contribution in [2.24, 2.45) is 0 Å². The Morgan fingerprint density at radius 2 is 1.35 bits per heavy atom. The highest BCUT2D eigenvalue weighted by molar-refractivity contribution is 6.08. The van der Waals surface area contributed by atoms with Crippen molar-refractivity contribution in [1.29, 1.82) is 0 Å². The molecule has 0 unspecified atom stereocenters. The maximum Gasteiger partial charge on any atom is 0.164 e. The molecule has 148 valence electrons. The molecule has 5 nitrogen and oxygen atoms in total. The molecule has 2 aliphatic rings. The van der Waals surface area contributed by atoms with Gasteiger partial charge in [-0.05, 0) is 61.6 Å². The maximum absolute atomic E-state index is 12.5. The van der Waals surface area contributed by atoms with Crippen LogP contribution in [-0.2, 0) is 0 Å². The van der Waals surface area contributed by atoms with Gasteiger partial charge in [0.25, 0.3) is 0 Å². The highest BCUT2D eigenvalue weighted by Crippen LogP contribution is 2.27. The number of H-pyrrole nitrogens is 2. The summed E-state index contributed by atoms with van der Waals surface area (Å²) < 4.78 is 0. The van der Waals surface area contributed by atoms with Gasteiger partial charge in [0.2, 0.25) is 0 Å². The normalized spacial score (nSPS) is 12.5. The number of hydrogen-bond donors (Lipinski definition) is 2. The van der Waals surface area contributed by atoms with E-state index in [2.05, 4.69) is 28.2 Å². The topological polar surface area (TPSA) is 74.4 Å².